The van der Waals surface area contributed by atoms with E-state index >= 15 is 0 Å². The Morgan fingerprint density at radius 1 is 1.03 bits per heavy atom. The molecule has 0 saturated carbocycles. The molecule has 0 aliphatic rings. The Kier molecular flexibility index (Phi) is 5.33. The molecule has 31 heavy (non-hydrogen) atoms. The molecule has 4 rings (SSSR count). The van der Waals surface area contributed by atoms with Gasteiger partial charge in [-0.2, -0.15) is 18.3 Å². The first kappa shape index (κ1) is 20.4. The Morgan fingerprint density at radius 2 is 1.81 bits per heavy atom. The molecule has 2 heterocycles. The predicted octanol–water partition coefficient (Wildman–Crippen LogP) is 4.59. The summed E-state index contributed by atoms with van der Waals surface area (Å²) in [5.74, 6) is 0.643. The molecule has 0 unspecified atom stereocenters. The number of pyridine rings is 1. The first-order valence-electron chi connectivity index (χ1n) is 9.16. The number of methoxy groups -OCH3 is 1. The second kappa shape index (κ2) is 8.10. The summed E-state index contributed by atoms with van der Waals surface area (Å²) in [6.45, 7) is 0.0289. The summed E-state index contributed by atoms with van der Waals surface area (Å²) in [7, 11) is 1.54. The number of benzene rings is 2. The van der Waals surface area contributed by atoms with Crippen molar-refractivity contribution in [3.8, 4) is 22.8 Å². The van der Waals surface area contributed by atoms with Gasteiger partial charge in [-0.25, -0.2) is 5.10 Å². The van der Waals surface area contributed by atoms with E-state index in [1.54, 1.807) is 30.3 Å². The van der Waals surface area contributed by atoms with Gasteiger partial charge in [0.05, 0.1) is 18.1 Å². The van der Waals surface area contributed by atoms with E-state index in [4.69, 9.17) is 9.47 Å². The number of hydrogen-bond donors (Lipinski definition) is 1. The third kappa shape index (κ3) is 4.20. The molecule has 9 heteroatoms. The lowest BCUT2D eigenvalue weighted by Gasteiger charge is -2.15. The predicted molar refractivity (Wildman–Crippen MR) is 108 cm³/mol. The van der Waals surface area contributed by atoms with E-state index < -0.39 is 17.3 Å². The van der Waals surface area contributed by atoms with Crippen LogP contribution in [0.1, 0.15) is 11.1 Å². The van der Waals surface area contributed by atoms with Crippen LogP contribution in [-0.4, -0.2) is 22.3 Å². The molecule has 6 nitrogen and oxygen atoms in total. The highest BCUT2D eigenvalue weighted by Crippen LogP contribution is 2.38. The van der Waals surface area contributed by atoms with Crippen LogP contribution in [0, 0.1) is 0 Å². The number of nitrogens with zero attached hydrogens (tertiary/aromatic N) is 2. The summed E-state index contributed by atoms with van der Waals surface area (Å²) in [4.78, 5) is 16.0. The maximum Gasteiger partial charge on any atom is 0.416 e. The number of alkyl halides is 3. The summed E-state index contributed by atoms with van der Waals surface area (Å²) in [6.07, 6.45) is -1.68. The van der Waals surface area contributed by atoms with E-state index in [9.17, 15) is 18.0 Å². The van der Waals surface area contributed by atoms with Gasteiger partial charge >= 0.3 is 6.18 Å². The number of nitrogens with one attached hydrogen (secondary N) is 1. The molecule has 0 spiro atoms. The number of aromatic amines is 1. The largest absolute Gasteiger partial charge is 0.497 e. The Labute approximate surface area is 174 Å². The maximum atomic E-state index is 13.3. The number of H-pyrrole nitrogens is 1. The van der Waals surface area contributed by atoms with Crippen LogP contribution in [0.4, 0.5) is 13.2 Å². The van der Waals surface area contributed by atoms with Crippen LogP contribution in [0.3, 0.4) is 0 Å². The van der Waals surface area contributed by atoms with Gasteiger partial charge in [-0.1, -0.05) is 12.1 Å². The quantitative estimate of drug-likeness (QED) is 0.504. The van der Waals surface area contributed by atoms with Gasteiger partial charge in [-0.3, -0.25) is 9.78 Å². The molecule has 4 aromatic rings. The smallest absolute Gasteiger partial charge is 0.416 e. The third-order valence-corrected chi connectivity index (χ3v) is 4.71. The van der Waals surface area contributed by atoms with Crippen molar-refractivity contribution in [3.05, 3.63) is 82.4 Å². The Bertz CT molecular complexity index is 1290. The van der Waals surface area contributed by atoms with E-state index in [0.29, 0.717) is 16.7 Å². The lowest BCUT2D eigenvalue weighted by Crippen LogP contribution is -2.11. The molecular weight excluding hydrogens is 411 g/mol. The van der Waals surface area contributed by atoms with Crippen LogP contribution >= 0.6 is 0 Å². The molecule has 0 aliphatic heterocycles. The molecule has 0 amide bonds. The summed E-state index contributed by atoms with van der Waals surface area (Å²) in [5, 5.41) is 7.15. The number of hydrogen-bond acceptors (Lipinski definition) is 5. The van der Waals surface area contributed by atoms with Crippen molar-refractivity contribution < 1.29 is 22.6 Å². The molecule has 0 saturated heterocycles. The van der Waals surface area contributed by atoms with E-state index in [2.05, 4.69) is 15.2 Å². The van der Waals surface area contributed by atoms with Gasteiger partial charge in [0, 0.05) is 23.3 Å². The topological polar surface area (TPSA) is 77.1 Å². The van der Waals surface area contributed by atoms with Crippen LogP contribution in [0.25, 0.3) is 22.0 Å². The zero-order chi connectivity index (χ0) is 22.0. The van der Waals surface area contributed by atoms with Crippen molar-refractivity contribution >= 4 is 10.8 Å². The number of aromatic nitrogens is 3. The van der Waals surface area contributed by atoms with Crippen LogP contribution in [0.5, 0.6) is 11.5 Å². The fraction of sp³-hybridized carbons (Fsp3) is 0.136. The normalized spacial score (nSPS) is 11.5. The van der Waals surface area contributed by atoms with E-state index in [-0.39, 0.29) is 23.4 Å². The zero-order valence-corrected chi connectivity index (χ0v) is 16.2. The standard InChI is InChI=1S/C22H16F3N3O3/c1-30-15-5-2-13(3-6-15)12-31-19-10-14(22(23,24)25)4-7-17(19)20-16-8-9-26-11-18(16)21(29)28-27-20/h2-11H,12H2,1H3,(H,28,29). The van der Waals surface area contributed by atoms with Crippen LogP contribution < -0.4 is 15.0 Å². The number of fused-ring (bicyclic) bond motifs is 1. The van der Waals surface area contributed by atoms with Gasteiger partial charge in [-0.15, -0.1) is 0 Å². The van der Waals surface area contributed by atoms with Crippen LogP contribution in [0.2, 0.25) is 0 Å². The SMILES string of the molecule is COc1ccc(COc2cc(C(F)(F)F)ccc2-c2n[nH]c(=O)c3cnccc23)cc1. The Morgan fingerprint density at radius 3 is 2.52 bits per heavy atom. The molecule has 2 aromatic carbocycles. The van der Waals surface area contributed by atoms with Crippen molar-refractivity contribution in [1.82, 2.24) is 15.2 Å². The molecule has 2 aromatic heterocycles. The van der Waals surface area contributed by atoms with Gasteiger partial charge in [0.15, 0.2) is 0 Å². The van der Waals surface area contributed by atoms with Crippen molar-refractivity contribution in [2.75, 3.05) is 7.11 Å². The molecule has 0 bridgehead atoms. The third-order valence-electron chi connectivity index (χ3n) is 4.71. The van der Waals surface area contributed by atoms with Crippen molar-refractivity contribution in [3.63, 3.8) is 0 Å². The highest BCUT2D eigenvalue weighted by atomic mass is 19.4. The van der Waals surface area contributed by atoms with Crippen molar-refractivity contribution in [1.29, 1.82) is 0 Å². The highest BCUT2D eigenvalue weighted by molar-refractivity contribution is 5.94. The molecule has 158 valence electrons. The molecule has 0 atom stereocenters. The minimum atomic E-state index is -4.54. The minimum absolute atomic E-state index is 0.0108. The Balaban J connectivity index is 1.79. The fourth-order valence-electron chi connectivity index (χ4n) is 3.11. The Hall–Kier alpha value is -3.88. The summed E-state index contributed by atoms with van der Waals surface area (Å²) < 4.78 is 50.8. The molecule has 0 aliphatic carbocycles. The monoisotopic (exact) mass is 427 g/mol. The second-order valence-electron chi connectivity index (χ2n) is 6.67. The maximum absolute atomic E-state index is 13.3. The molecule has 0 fully saturated rings. The fourth-order valence-corrected chi connectivity index (χ4v) is 3.11. The first-order chi connectivity index (χ1) is 14.9. The zero-order valence-electron chi connectivity index (χ0n) is 16.2. The van der Waals surface area contributed by atoms with Gasteiger partial charge in [0.25, 0.3) is 5.56 Å². The van der Waals surface area contributed by atoms with E-state index in [1.807, 2.05) is 0 Å². The second-order valence-corrected chi connectivity index (χ2v) is 6.67. The lowest BCUT2D eigenvalue weighted by atomic mass is 10.0. The molecule has 0 radical (unpaired) electrons. The number of rotatable bonds is 5. The highest BCUT2D eigenvalue weighted by Gasteiger charge is 2.31. The van der Waals surface area contributed by atoms with Crippen LogP contribution in [0.15, 0.2) is 65.7 Å². The average molecular weight is 427 g/mol. The lowest BCUT2D eigenvalue weighted by molar-refractivity contribution is -0.137. The van der Waals surface area contributed by atoms with Gasteiger partial charge in [0.1, 0.15) is 23.8 Å². The average Bonchev–Trinajstić information content (AvgIpc) is 2.78. The molecular formula is C22H16F3N3O3. The molecule has 1 N–H and O–H groups in total. The van der Waals surface area contributed by atoms with E-state index in [0.717, 1.165) is 17.7 Å². The first-order valence-corrected chi connectivity index (χ1v) is 9.16. The van der Waals surface area contributed by atoms with Gasteiger partial charge in [-0.05, 0) is 42.0 Å². The summed E-state index contributed by atoms with van der Waals surface area (Å²) in [6, 6.07) is 11.7. The van der Waals surface area contributed by atoms with Crippen LogP contribution in [-0.2, 0) is 12.8 Å². The number of halogens is 3. The minimum Gasteiger partial charge on any atom is -0.497 e. The number of ether oxygens (including phenoxy) is 2. The van der Waals surface area contributed by atoms with E-state index in [1.165, 1.54) is 25.6 Å². The van der Waals surface area contributed by atoms with Gasteiger partial charge < -0.3 is 9.47 Å². The van der Waals surface area contributed by atoms with Crippen molar-refractivity contribution in [2.24, 2.45) is 0 Å². The van der Waals surface area contributed by atoms with Crippen molar-refractivity contribution in [2.45, 2.75) is 12.8 Å². The summed E-state index contributed by atoms with van der Waals surface area (Å²) in [5.41, 5.74) is 0.0490. The summed E-state index contributed by atoms with van der Waals surface area (Å²) >= 11 is 0. The van der Waals surface area contributed by atoms with Gasteiger partial charge in [0.2, 0.25) is 0 Å².